The van der Waals surface area contributed by atoms with E-state index >= 15 is 0 Å². The maximum absolute atomic E-state index is 11.4. The van der Waals surface area contributed by atoms with Crippen LogP contribution in [-0.2, 0) is 5.60 Å². The molecule has 0 amide bonds. The predicted molar refractivity (Wildman–Crippen MR) is 153 cm³/mol. The minimum Gasteiger partial charge on any atom is -0.405 e. The molecule has 36 heavy (non-hydrogen) atoms. The molecule has 0 radical (unpaired) electrons. The highest BCUT2D eigenvalue weighted by molar-refractivity contribution is 5.42. The number of imidazole rings is 1. The number of unbranched alkanes of at least 4 members (excludes halogenated alkanes) is 1. The molecule has 2 aromatic carbocycles. The SMILES string of the molecule is CCC(c1cnc[nH]1)c1cccc(C)c1C.CCCCC(O)(/C(=C/N)C(C)C)c1cccc(C)c1C. The van der Waals surface area contributed by atoms with Crippen molar-refractivity contribution in [3.05, 3.63) is 99.8 Å². The molecule has 1 heterocycles. The molecule has 4 heteroatoms. The molecule has 0 bridgehead atoms. The topological polar surface area (TPSA) is 74.9 Å². The lowest BCUT2D eigenvalue weighted by atomic mass is 9.75. The number of H-pyrrole nitrogens is 1. The van der Waals surface area contributed by atoms with E-state index < -0.39 is 5.60 Å². The number of nitrogens with one attached hydrogen (secondary N) is 1. The number of nitrogens with zero attached hydrogens (tertiary/aromatic N) is 1. The molecule has 0 saturated carbocycles. The van der Waals surface area contributed by atoms with Gasteiger partial charge in [-0.3, -0.25) is 0 Å². The van der Waals surface area contributed by atoms with E-state index in [1.165, 1.54) is 27.9 Å². The van der Waals surface area contributed by atoms with Gasteiger partial charge >= 0.3 is 0 Å². The maximum atomic E-state index is 11.4. The number of aliphatic hydroxyl groups is 1. The Kier molecular flexibility index (Phi) is 11.0. The number of aromatic amines is 1. The molecule has 2 unspecified atom stereocenters. The zero-order valence-electron chi connectivity index (χ0n) is 23.7. The second-order valence-corrected chi connectivity index (χ2v) is 10.2. The molecule has 0 aliphatic carbocycles. The molecular weight excluding hydrogens is 442 g/mol. The average Bonchev–Trinajstić information content (AvgIpc) is 3.38. The average molecular weight is 490 g/mol. The van der Waals surface area contributed by atoms with Gasteiger partial charge in [-0.1, -0.05) is 76.9 Å². The van der Waals surface area contributed by atoms with Gasteiger partial charge in [0.1, 0.15) is 5.60 Å². The summed E-state index contributed by atoms with van der Waals surface area (Å²) in [5, 5.41) is 11.4. The first-order valence-corrected chi connectivity index (χ1v) is 13.4. The van der Waals surface area contributed by atoms with Crippen LogP contribution in [0.3, 0.4) is 0 Å². The van der Waals surface area contributed by atoms with Gasteiger partial charge in [0.2, 0.25) is 0 Å². The van der Waals surface area contributed by atoms with Gasteiger partial charge in [-0.15, -0.1) is 0 Å². The standard InChI is InChI=1S/C18H29NO.C14H18N2/c1-6-7-11-18(20,17(12-19)13(2)3)16-10-8-9-14(4)15(16)5;1-4-12(14-8-15-9-16-14)13-7-5-6-10(2)11(13)3/h8-10,12-13,20H,6-7,11,19H2,1-5H3;5-9,12H,4H2,1-3H3,(H,15,16)/b17-12+;. The van der Waals surface area contributed by atoms with Crippen LogP contribution in [-0.4, -0.2) is 15.1 Å². The molecule has 1 aromatic heterocycles. The smallest absolute Gasteiger partial charge is 0.113 e. The lowest BCUT2D eigenvalue weighted by Crippen LogP contribution is -2.32. The number of hydrogen-bond acceptors (Lipinski definition) is 3. The van der Waals surface area contributed by atoms with Crippen molar-refractivity contribution < 1.29 is 5.11 Å². The lowest BCUT2D eigenvalue weighted by Gasteiger charge is -2.35. The van der Waals surface area contributed by atoms with E-state index in [-0.39, 0.29) is 5.92 Å². The van der Waals surface area contributed by atoms with E-state index in [0.29, 0.717) is 5.92 Å². The van der Waals surface area contributed by atoms with Gasteiger partial charge in [0, 0.05) is 17.8 Å². The normalized spacial score (nSPS) is 14.2. The van der Waals surface area contributed by atoms with Gasteiger partial charge in [-0.2, -0.15) is 0 Å². The number of benzene rings is 2. The first-order chi connectivity index (χ1) is 17.1. The van der Waals surface area contributed by atoms with Crippen LogP contribution in [0.4, 0.5) is 0 Å². The molecule has 0 fully saturated rings. The number of rotatable bonds is 9. The summed E-state index contributed by atoms with van der Waals surface area (Å²) in [5.74, 6) is 0.657. The summed E-state index contributed by atoms with van der Waals surface area (Å²) < 4.78 is 0. The van der Waals surface area contributed by atoms with E-state index in [2.05, 4.69) is 89.6 Å². The fourth-order valence-corrected chi connectivity index (χ4v) is 5.09. The van der Waals surface area contributed by atoms with Crippen LogP contribution < -0.4 is 5.73 Å². The van der Waals surface area contributed by atoms with Gasteiger partial charge in [-0.25, -0.2) is 4.98 Å². The molecular formula is C32H47N3O. The van der Waals surface area contributed by atoms with Gasteiger partial charge in [0.05, 0.1) is 6.33 Å². The quantitative estimate of drug-likeness (QED) is 0.288. The number of hydrogen-bond donors (Lipinski definition) is 3. The van der Waals surface area contributed by atoms with Crippen molar-refractivity contribution in [1.82, 2.24) is 9.97 Å². The van der Waals surface area contributed by atoms with Gasteiger partial charge in [0.15, 0.2) is 0 Å². The Morgan fingerprint density at radius 3 is 2.19 bits per heavy atom. The Balaban J connectivity index is 0.000000259. The van der Waals surface area contributed by atoms with Crippen molar-refractivity contribution in [3.63, 3.8) is 0 Å². The van der Waals surface area contributed by atoms with Crippen LogP contribution in [0.1, 0.15) is 98.4 Å². The molecule has 0 saturated heterocycles. The zero-order valence-corrected chi connectivity index (χ0v) is 23.7. The molecule has 4 nitrogen and oxygen atoms in total. The van der Waals surface area contributed by atoms with Crippen LogP contribution in [0.25, 0.3) is 0 Å². The summed E-state index contributed by atoms with van der Waals surface area (Å²) in [5.41, 5.74) is 14.5. The molecule has 196 valence electrons. The summed E-state index contributed by atoms with van der Waals surface area (Å²) in [6.45, 7) is 17.1. The molecule has 3 rings (SSSR count). The molecule has 3 aromatic rings. The Morgan fingerprint density at radius 2 is 1.67 bits per heavy atom. The first kappa shape index (κ1) is 29.4. The molecule has 4 N–H and O–H groups in total. The number of nitrogens with two attached hydrogens (primary N) is 1. The van der Waals surface area contributed by atoms with Crippen LogP contribution in [0.2, 0.25) is 0 Å². The molecule has 0 spiro atoms. The third-order valence-electron chi connectivity index (χ3n) is 7.55. The van der Waals surface area contributed by atoms with Gasteiger partial charge in [-0.05, 0) is 91.6 Å². The van der Waals surface area contributed by atoms with Crippen molar-refractivity contribution in [1.29, 1.82) is 0 Å². The van der Waals surface area contributed by atoms with Crippen molar-refractivity contribution in [3.8, 4) is 0 Å². The Labute approximate surface area is 219 Å². The van der Waals surface area contributed by atoms with Gasteiger partial charge < -0.3 is 15.8 Å². The number of aryl methyl sites for hydroxylation is 2. The third-order valence-corrected chi connectivity index (χ3v) is 7.55. The minimum atomic E-state index is -0.949. The summed E-state index contributed by atoms with van der Waals surface area (Å²) in [6, 6.07) is 12.7. The lowest BCUT2D eigenvalue weighted by molar-refractivity contribution is 0.0541. The second kappa shape index (κ2) is 13.5. The highest BCUT2D eigenvalue weighted by Crippen LogP contribution is 2.40. The Bertz CT molecular complexity index is 1110. The van der Waals surface area contributed by atoms with Crippen LogP contribution in [0, 0.1) is 33.6 Å². The van der Waals surface area contributed by atoms with Crippen molar-refractivity contribution >= 4 is 0 Å². The van der Waals surface area contributed by atoms with Crippen LogP contribution in [0.5, 0.6) is 0 Å². The zero-order chi connectivity index (χ0) is 26.9. The highest BCUT2D eigenvalue weighted by atomic mass is 16.3. The molecule has 2 atom stereocenters. The van der Waals surface area contributed by atoms with Crippen molar-refractivity contribution in [2.24, 2.45) is 11.7 Å². The summed E-state index contributed by atoms with van der Waals surface area (Å²) in [6.07, 6.45) is 9.12. The summed E-state index contributed by atoms with van der Waals surface area (Å²) in [4.78, 5) is 7.34. The maximum Gasteiger partial charge on any atom is 0.113 e. The van der Waals surface area contributed by atoms with E-state index in [0.717, 1.165) is 42.4 Å². The van der Waals surface area contributed by atoms with Crippen molar-refractivity contribution in [2.45, 2.75) is 92.6 Å². The third kappa shape index (κ3) is 6.67. The largest absolute Gasteiger partial charge is 0.405 e. The van der Waals surface area contributed by atoms with Crippen LogP contribution in [0.15, 0.2) is 60.7 Å². The minimum absolute atomic E-state index is 0.224. The first-order valence-electron chi connectivity index (χ1n) is 13.4. The fraction of sp³-hybridized carbons (Fsp3) is 0.469. The highest BCUT2D eigenvalue weighted by Gasteiger charge is 2.35. The van der Waals surface area contributed by atoms with E-state index in [1.54, 1.807) is 12.5 Å². The fourth-order valence-electron chi connectivity index (χ4n) is 5.09. The van der Waals surface area contributed by atoms with Gasteiger partial charge in [0.25, 0.3) is 0 Å². The molecule has 0 aliphatic heterocycles. The van der Waals surface area contributed by atoms with Crippen LogP contribution >= 0.6 is 0 Å². The van der Waals surface area contributed by atoms with Crippen molar-refractivity contribution in [2.75, 3.05) is 0 Å². The van der Waals surface area contributed by atoms with E-state index in [1.807, 2.05) is 18.3 Å². The Morgan fingerprint density at radius 1 is 1.03 bits per heavy atom. The second-order valence-electron chi connectivity index (χ2n) is 10.2. The summed E-state index contributed by atoms with van der Waals surface area (Å²) >= 11 is 0. The Hall–Kier alpha value is -2.85. The number of aromatic nitrogens is 2. The monoisotopic (exact) mass is 489 g/mol. The molecule has 0 aliphatic rings. The van der Waals surface area contributed by atoms with E-state index in [9.17, 15) is 5.11 Å². The van der Waals surface area contributed by atoms with E-state index in [4.69, 9.17) is 5.73 Å². The predicted octanol–water partition coefficient (Wildman–Crippen LogP) is 7.75. The summed E-state index contributed by atoms with van der Waals surface area (Å²) in [7, 11) is 0.